The fourth-order valence-electron chi connectivity index (χ4n) is 1.52. The van der Waals surface area contributed by atoms with Crippen LogP contribution in [0.5, 0.6) is 0 Å². The molecular weight excluding hydrogens is 230 g/mol. The quantitative estimate of drug-likeness (QED) is 0.802. The second kappa shape index (κ2) is 3.52. The van der Waals surface area contributed by atoms with E-state index in [2.05, 4.69) is 39.6 Å². The minimum atomic E-state index is 0.973. The number of rotatable bonds is 2. The highest BCUT2D eigenvalue weighted by molar-refractivity contribution is 9.10. The summed E-state index contributed by atoms with van der Waals surface area (Å²) in [5.41, 5.74) is 6.48. The van der Waals surface area contributed by atoms with Crippen molar-refractivity contribution in [3.63, 3.8) is 0 Å². The van der Waals surface area contributed by atoms with E-state index in [9.17, 15) is 0 Å². The van der Waals surface area contributed by atoms with Crippen LogP contribution >= 0.6 is 15.9 Å². The lowest BCUT2D eigenvalue weighted by Crippen LogP contribution is -2.08. The predicted octanol–water partition coefficient (Wildman–Crippen LogP) is 2.50. The topological polar surface area (TPSA) is 21.3 Å². The van der Waals surface area contributed by atoms with Crippen LogP contribution in [0.25, 0.3) is 5.70 Å². The van der Waals surface area contributed by atoms with Crippen LogP contribution in [0.3, 0.4) is 0 Å². The van der Waals surface area contributed by atoms with Crippen molar-refractivity contribution in [1.82, 2.24) is 5.48 Å². The molecule has 0 aliphatic heterocycles. The lowest BCUT2D eigenvalue weighted by molar-refractivity contribution is 0.137. The smallest absolute Gasteiger partial charge is 0.0643 e. The summed E-state index contributed by atoms with van der Waals surface area (Å²) in [6.07, 6.45) is 3.10. The fourth-order valence-corrected chi connectivity index (χ4v) is 1.93. The predicted molar refractivity (Wildman–Crippen MR) is 56.0 cm³/mol. The molecule has 1 aliphatic carbocycles. The molecular formula is C10H10BrNO. The standard InChI is InChI=1S/C10H10BrNO/c1-13-12-10-5-2-7-6-8(11)3-4-9(7)10/h3-6,12H,2H2,1H3. The van der Waals surface area contributed by atoms with Crippen LogP contribution in [0, 0.1) is 0 Å². The maximum Gasteiger partial charge on any atom is 0.0643 e. The van der Waals surface area contributed by atoms with Crippen LogP contribution in [0.1, 0.15) is 11.1 Å². The van der Waals surface area contributed by atoms with Gasteiger partial charge in [0.2, 0.25) is 0 Å². The number of benzene rings is 1. The molecule has 3 heteroatoms. The molecule has 1 N–H and O–H groups in total. The molecule has 0 fully saturated rings. The van der Waals surface area contributed by atoms with Crippen molar-refractivity contribution < 1.29 is 4.84 Å². The number of allylic oxidation sites excluding steroid dienone is 1. The Kier molecular flexibility index (Phi) is 2.38. The van der Waals surface area contributed by atoms with Crippen LogP contribution in [0.2, 0.25) is 0 Å². The van der Waals surface area contributed by atoms with E-state index in [-0.39, 0.29) is 0 Å². The third-order valence-corrected chi connectivity index (χ3v) is 2.59. The van der Waals surface area contributed by atoms with Crippen molar-refractivity contribution in [1.29, 1.82) is 0 Å². The highest BCUT2D eigenvalue weighted by Crippen LogP contribution is 2.27. The van der Waals surface area contributed by atoms with Crippen molar-refractivity contribution in [3.8, 4) is 0 Å². The molecule has 0 saturated heterocycles. The van der Waals surface area contributed by atoms with Gasteiger partial charge in [0.25, 0.3) is 0 Å². The van der Waals surface area contributed by atoms with Gasteiger partial charge in [-0.05, 0) is 24.1 Å². The van der Waals surface area contributed by atoms with E-state index in [1.807, 2.05) is 6.07 Å². The Labute approximate surface area is 85.7 Å². The summed E-state index contributed by atoms with van der Waals surface area (Å²) in [6.45, 7) is 0. The molecule has 0 bridgehead atoms. The first-order valence-corrected chi connectivity index (χ1v) is 4.88. The molecule has 2 nitrogen and oxygen atoms in total. The highest BCUT2D eigenvalue weighted by atomic mass is 79.9. The van der Waals surface area contributed by atoms with Gasteiger partial charge >= 0.3 is 0 Å². The van der Waals surface area contributed by atoms with E-state index >= 15 is 0 Å². The zero-order valence-corrected chi connectivity index (χ0v) is 8.89. The zero-order chi connectivity index (χ0) is 9.26. The second-order valence-electron chi connectivity index (χ2n) is 2.93. The van der Waals surface area contributed by atoms with Crippen LogP contribution in [0.15, 0.2) is 28.7 Å². The van der Waals surface area contributed by atoms with Gasteiger partial charge in [-0.3, -0.25) is 10.3 Å². The Balaban J connectivity index is 2.34. The monoisotopic (exact) mass is 239 g/mol. The van der Waals surface area contributed by atoms with E-state index in [4.69, 9.17) is 4.84 Å². The highest BCUT2D eigenvalue weighted by Gasteiger charge is 2.13. The Morgan fingerprint density at radius 1 is 1.46 bits per heavy atom. The molecule has 1 aromatic rings. The average molecular weight is 240 g/mol. The second-order valence-corrected chi connectivity index (χ2v) is 3.85. The summed E-state index contributed by atoms with van der Waals surface area (Å²) < 4.78 is 1.12. The van der Waals surface area contributed by atoms with Gasteiger partial charge in [0.15, 0.2) is 0 Å². The molecule has 0 unspecified atom stereocenters. The molecule has 1 aromatic carbocycles. The number of fused-ring (bicyclic) bond motifs is 1. The molecule has 0 spiro atoms. The first-order chi connectivity index (χ1) is 6.31. The van der Waals surface area contributed by atoms with Crippen molar-refractivity contribution in [3.05, 3.63) is 39.9 Å². The Hall–Kier alpha value is -0.800. The summed E-state index contributed by atoms with van der Waals surface area (Å²) in [7, 11) is 1.62. The summed E-state index contributed by atoms with van der Waals surface area (Å²) in [5, 5.41) is 0. The number of hydrogen-bond donors (Lipinski definition) is 1. The first-order valence-electron chi connectivity index (χ1n) is 4.09. The van der Waals surface area contributed by atoms with E-state index < -0.39 is 0 Å². The third-order valence-electron chi connectivity index (χ3n) is 2.10. The van der Waals surface area contributed by atoms with E-state index in [1.165, 1.54) is 11.1 Å². The molecule has 0 atom stereocenters. The van der Waals surface area contributed by atoms with Crippen molar-refractivity contribution in [2.45, 2.75) is 6.42 Å². The summed E-state index contributed by atoms with van der Waals surface area (Å²) >= 11 is 3.45. The van der Waals surface area contributed by atoms with Gasteiger partial charge in [-0.1, -0.05) is 28.1 Å². The van der Waals surface area contributed by atoms with Crippen molar-refractivity contribution in [2.24, 2.45) is 0 Å². The van der Waals surface area contributed by atoms with Crippen LogP contribution in [-0.4, -0.2) is 7.11 Å². The van der Waals surface area contributed by atoms with Crippen molar-refractivity contribution >= 4 is 21.6 Å². The molecule has 0 saturated carbocycles. The van der Waals surface area contributed by atoms with Gasteiger partial charge in [-0.25, -0.2) is 0 Å². The Bertz CT molecular complexity index is 360. The van der Waals surface area contributed by atoms with Gasteiger partial charge < -0.3 is 0 Å². The molecule has 1 aliphatic rings. The summed E-state index contributed by atoms with van der Waals surface area (Å²) in [4.78, 5) is 4.88. The van der Waals surface area contributed by atoms with E-state index in [0.717, 1.165) is 16.6 Å². The normalized spacial score (nSPS) is 13.8. The average Bonchev–Trinajstić information content (AvgIpc) is 2.49. The lowest BCUT2D eigenvalue weighted by atomic mass is 10.1. The largest absolute Gasteiger partial charge is 0.279 e. The Morgan fingerprint density at radius 2 is 2.31 bits per heavy atom. The SMILES string of the molecule is CONC1=CCc2cc(Br)ccc21. The van der Waals surface area contributed by atoms with E-state index in [1.54, 1.807) is 7.11 Å². The molecule has 0 heterocycles. The number of hydrogen-bond acceptors (Lipinski definition) is 2. The molecule has 0 amide bonds. The number of halogens is 1. The van der Waals surface area contributed by atoms with Gasteiger partial charge in [0, 0.05) is 10.0 Å². The minimum Gasteiger partial charge on any atom is -0.279 e. The van der Waals surface area contributed by atoms with Crippen molar-refractivity contribution in [2.75, 3.05) is 7.11 Å². The van der Waals surface area contributed by atoms with Gasteiger partial charge in [0.05, 0.1) is 12.8 Å². The zero-order valence-electron chi connectivity index (χ0n) is 7.30. The lowest BCUT2D eigenvalue weighted by Gasteiger charge is -2.06. The van der Waals surface area contributed by atoms with Crippen LogP contribution in [-0.2, 0) is 11.3 Å². The van der Waals surface area contributed by atoms with Gasteiger partial charge in [0.1, 0.15) is 0 Å². The maximum atomic E-state index is 4.88. The molecule has 2 rings (SSSR count). The summed E-state index contributed by atoms with van der Waals surface area (Å²) in [5.74, 6) is 0. The maximum absolute atomic E-state index is 4.88. The molecule has 0 radical (unpaired) electrons. The van der Waals surface area contributed by atoms with Crippen LogP contribution in [0.4, 0.5) is 0 Å². The number of nitrogens with one attached hydrogen (secondary N) is 1. The van der Waals surface area contributed by atoms with Gasteiger partial charge in [-0.15, -0.1) is 0 Å². The first kappa shape index (κ1) is 8.78. The van der Waals surface area contributed by atoms with E-state index in [0.29, 0.717) is 0 Å². The molecule has 13 heavy (non-hydrogen) atoms. The van der Waals surface area contributed by atoms with Crippen LogP contribution < -0.4 is 5.48 Å². The molecule has 68 valence electrons. The minimum absolute atomic E-state index is 0.973. The molecule has 0 aromatic heterocycles. The van der Waals surface area contributed by atoms with Gasteiger partial charge in [-0.2, -0.15) is 0 Å². The number of hydroxylamine groups is 1. The third kappa shape index (κ3) is 1.62. The Morgan fingerprint density at radius 3 is 3.08 bits per heavy atom. The summed E-state index contributed by atoms with van der Waals surface area (Å²) in [6, 6.07) is 6.26. The fraction of sp³-hybridized carbons (Fsp3) is 0.200.